The topological polar surface area (TPSA) is 72.8 Å². The number of aliphatic hydroxyl groups excluding tert-OH is 1. The van der Waals surface area contributed by atoms with Crippen molar-refractivity contribution in [3.8, 4) is 0 Å². The number of carbonyl (C=O) groups is 2. The minimum Gasteiger partial charge on any atom is -0.464 e. The number of carbonyl (C=O) groups excluding carboxylic acids is 2. The molecule has 6 heteroatoms. The Balaban J connectivity index is 2.51. The number of halogens is 1. The highest BCUT2D eigenvalue weighted by Gasteiger charge is 2.36. The molecule has 0 aliphatic rings. The van der Waals surface area contributed by atoms with Crippen molar-refractivity contribution in [3.63, 3.8) is 0 Å². The second-order valence-electron chi connectivity index (χ2n) is 5.69. The Morgan fingerprint density at radius 1 is 1.22 bits per heavy atom. The lowest BCUT2D eigenvalue weighted by atomic mass is 9.93. The van der Waals surface area contributed by atoms with Gasteiger partial charge in [-0.25, -0.2) is 4.39 Å². The molecule has 5 nitrogen and oxygen atoms in total. The fourth-order valence-electron chi connectivity index (χ4n) is 1.71. The predicted molar refractivity (Wildman–Crippen MR) is 81.9 cm³/mol. The fraction of sp³-hybridized carbons (Fsp3) is 0.529. The first-order valence-corrected chi connectivity index (χ1v) is 7.59. The minimum atomic E-state index is -1.32. The van der Waals surface area contributed by atoms with Crippen LogP contribution in [0.4, 0.5) is 4.39 Å². The molecule has 0 saturated heterocycles. The Bertz CT molecular complexity index is 514. The zero-order valence-electron chi connectivity index (χ0n) is 13.5. The van der Waals surface area contributed by atoms with E-state index in [1.54, 1.807) is 0 Å². The average Bonchev–Trinajstić information content (AvgIpc) is 2.56. The SMILES string of the molecule is CCCCC(=O)OCC(C)(CO)C(=O)OCc1ccc(F)cc1. The lowest BCUT2D eigenvalue weighted by Crippen LogP contribution is -2.38. The van der Waals surface area contributed by atoms with Crippen molar-refractivity contribution in [1.82, 2.24) is 0 Å². The van der Waals surface area contributed by atoms with Crippen LogP contribution >= 0.6 is 0 Å². The number of benzene rings is 1. The molecule has 0 bridgehead atoms. The molecule has 23 heavy (non-hydrogen) atoms. The van der Waals surface area contributed by atoms with Crippen molar-refractivity contribution in [2.24, 2.45) is 5.41 Å². The van der Waals surface area contributed by atoms with Gasteiger partial charge in [-0.2, -0.15) is 0 Å². The van der Waals surface area contributed by atoms with Gasteiger partial charge in [-0.3, -0.25) is 9.59 Å². The lowest BCUT2D eigenvalue weighted by molar-refractivity contribution is -0.166. The van der Waals surface area contributed by atoms with Gasteiger partial charge in [0.1, 0.15) is 24.4 Å². The maximum Gasteiger partial charge on any atom is 0.317 e. The van der Waals surface area contributed by atoms with Gasteiger partial charge in [0, 0.05) is 6.42 Å². The minimum absolute atomic E-state index is 0.0432. The zero-order chi connectivity index (χ0) is 17.3. The van der Waals surface area contributed by atoms with Gasteiger partial charge in [0.05, 0.1) is 6.61 Å². The van der Waals surface area contributed by atoms with Gasteiger partial charge in [-0.05, 0) is 31.0 Å². The molecule has 1 N–H and O–H groups in total. The number of esters is 2. The third-order valence-electron chi connectivity index (χ3n) is 3.41. The Hall–Kier alpha value is -1.95. The maximum absolute atomic E-state index is 12.8. The molecule has 0 aliphatic carbocycles. The van der Waals surface area contributed by atoms with Gasteiger partial charge < -0.3 is 14.6 Å². The fourth-order valence-corrected chi connectivity index (χ4v) is 1.71. The summed E-state index contributed by atoms with van der Waals surface area (Å²) in [5.41, 5.74) is -0.693. The molecule has 1 atom stereocenters. The smallest absolute Gasteiger partial charge is 0.317 e. The van der Waals surface area contributed by atoms with Crippen molar-refractivity contribution in [2.45, 2.75) is 39.7 Å². The first kappa shape index (κ1) is 19.1. The summed E-state index contributed by atoms with van der Waals surface area (Å²) in [4.78, 5) is 23.6. The molecule has 0 aliphatic heterocycles. The number of ether oxygens (including phenoxy) is 2. The van der Waals surface area contributed by atoms with Crippen LogP contribution < -0.4 is 0 Å². The van der Waals surface area contributed by atoms with E-state index in [-0.39, 0.29) is 25.5 Å². The van der Waals surface area contributed by atoms with Crippen LogP contribution in [0, 0.1) is 11.2 Å². The standard InChI is InChI=1S/C17H23FO5/c1-3-4-5-15(20)23-12-17(2,11-19)16(21)22-10-13-6-8-14(18)9-7-13/h6-9,19H,3-5,10-12H2,1-2H3. The monoisotopic (exact) mass is 326 g/mol. The number of aliphatic hydroxyl groups is 1. The zero-order valence-corrected chi connectivity index (χ0v) is 13.5. The molecule has 1 rings (SSSR count). The van der Waals surface area contributed by atoms with Gasteiger partial charge in [0.2, 0.25) is 0 Å². The second-order valence-corrected chi connectivity index (χ2v) is 5.69. The number of rotatable bonds is 9. The quantitative estimate of drug-likeness (QED) is 0.706. The van der Waals surface area contributed by atoms with E-state index in [9.17, 15) is 19.1 Å². The molecule has 128 valence electrons. The molecule has 0 radical (unpaired) electrons. The highest BCUT2D eigenvalue weighted by Crippen LogP contribution is 2.20. The third-order valence-corrected chi connectivity index (χ3v) is 3.41. The summed E-state index contributed by atoms with van der Waals surface area (Å²) in [5, 5.41) is 9.44. The molecule has 1 unspecified atom stereocenters. The van der Waals surface area contributed by atoms with Gasteiger partial charge in [-0.1, -0.05) is 25.5 Å². The highest BCUT2D eigenvalue weighted by atomic mass is 19.1. The average molecular weight is 326 g/mol. The van der Waals surface area contributed by atoms with E-state index in [2.05, 4.69) is 0 Å². The van der Waals surface area contributed by atoms with E-state index in [0.717, 1.165) is 6.42 Å². The number of hydrogen-bond donors (Lipinski definition) is 1. The van der Waals surface area contributed by atoms with Crippen LogP contribution in [-0.4, -0.2) is 30.3 Å². The molecule has 1 aromatic carbocycles. The summed E-state index contributed by atoms with van der Waals surface area (Å²) in [6.07, 6.45) is 1.86. The second kappa shape index (κ2) is 9.25. The molecule has 0 saturated carbocycles. The van der Waals surface area contributed by atoms with Crippen LogP contribution in [0.25, 0.3) is 0 Å². The van der Waals surface area contributed by atoms with Crippen LogP contribution in [0.1, 0.15) is 38.7 Å². The van der Waals surface area contributed by atoms with Crippen LogP contribution in [0.2, 0.25) is 0 Å². The summed E-state index contributed by atoms with van der Waals surface area (Å²) in [6, 6.07) is 5.54. The Morgan fingerprint density at radius 2 is 1.87 bits per heavy atom. The summed E-state index contributed by atoms with van der Waals surface area (Å²) >= 11 is 0. The maximum atomic E-state index is 12.8. The first-order chi connectivity index (χ1) is 10.9. The van der Waals surface area contributed by atoms with Crippen LogP contribution in [0.15, 0.2) is 24.3 Å². The Labute approximate surface area is 135 Å². The summed E-state index contributed by atoms with van der Waals surface area (Å²) in [5.74, 6) is -1.45. The van der Waals surface area contributed by atoms with E-state index in [1.807, 2.05) is 6.92 Å². The lowest BCUT2D eigenvalue weighted by Gasteiger charge is -2.24. The first-order valence-electron chi connectivity index (χ1n) is 7.59. The summed E-state index contributed by atoms with van der Waals surface area (Å²) in [6.45, 7) is 2.63. The van der Waals surface area contributed by atoms with Crippen molar-refractivity contribution >= 4 is 11.9 Å². The normalized spacial score (nSPS) is 13.2. The van der Waals surface area contributed by atoms with Crippen molar-refractivity contribution < 1.29 is 28.6 Å². The van der Waals surface area contributed by atoms with Gasteiger partial charge >= 0.3 is 11.9 Å². The molecule has 1 aromatic rings. The van der Waals surface area contributed by atoms with Crippen LogP contribution in [-0.2, 0) is 25.7 Å². The molecule has 0 aromatic heterocycles. The molecule has 0 amide bonds. The largest absolute Gasteiger partial charge is 0.464 e. The van der Waals surface area contributed by atoms with Gasteiger partial charge in [0.15, 0.2) is 0 Å². The van der Waals surface area contributed by atoms with Gasteiger partial charge in [0.25, 0.3) is 0 Å². The van der Waals surface area contributed by atoms with Crippen LogP contribution in [0.3, 0.4) is 0 Å². The number of unbranched alkanes of at least 4 members (excludes halogenated alkanes) is 1. The Morgan fingerprint density at radius 3 is 2.43 bits per heavy atom. The molecular formula is C17H23FO5. The molecule has 0 heterocycles. The predicted octanol–water partition coefficient (Wildman–Crippen LogP) is 2.60. The third kappa shape index (κ3) is 6.36. The van der Waals surface area contributed by atoms with E-state index in [1.165, 1.54) is 31.2 Å². The Kier molecular flexibility index (Phi) is 7.68. The van der Waals surface area contributed by atoms with Gasteiger partial charge in [-0.15, -0.1) is 0 Å². The van der Waals surface area contributed by atoms with Crippen LogP contribution in [0.5, 0.6) is 0 Å². The van der Waals surface area contributed by atoms with Crippen molar-refractivity contribution in [2.75, 3.05) is 13.2 Å². The van der Waals surface area contributed by atoms with E-state index in [4.69, 9.17) is 9.47 Å². The van der Waals surface area contributed by atoms with Crippen molar-refractivity contribution in [3.05, 3.63) is 35.6 Å². The molecule has 0 spiro atoms. The van der Waals surface area contributed by atoms with E-state index in [0.29, 0.717) is 12.0 Å². The summed E-state index contributed by atoms with van der Waals surface area (Å²) < 4.78 is 23.0. The van der Waals surface area contributed by atoms with E-state index >= 15 is 0 Å². The molecular weight excluding hydrogens is 303 g/mol. The molecule has 0 fully saturated rings. The summed E-state index contributed by atoms with van der Waals surface area (Å²) in [7, 11) is 0. The highest BCUT2D eigenvalue weighted by molar-refractivity contribution is 5.77. The van der Waals surface area contributed by atoms with E-state index < -0.39 is 24.0 Å². The number of hydrogen-bond acceptors (Lipinski definition) is 5. The van der Waals surface area contributed by atoms with Crippen molar-refractivity contribution in [1.29, 1.82) is 0 Å².